The van der Waals surface area contributed by atoms with Gasteiger partial charge in [0.25, 0.3) is 0 Å². The van der Waals surface area contributed by atoms with Crippen molar-refractivity contribution < 1.29 is 14.6 Å². The SMILES string of the molecule is O=C(OCc1ccccc1)[C@H](CCCO)N(Cc1ccccc1)Cc1ccccc1. The summed E-state index contributed by atoms with van der Waals surface area (Å²) in [5.74, 6) is -0.251. The highest BCUT2D eigenvalue weighted by molar-refractivity contribution is 5.75. The first-order chi connectivity index (χ1) is 14.8. The summed E-state index contributed by atoms with van der Waals surface area (Å²) in [6, 6.07) is 29.5. The monoisotopic (exact) mass is 403 g/mol. The Morgan fingerprint density at radius 2 is 1.23 bits per heavy atom. The largest absolute Gasteiger partial charge is 0.460 e. The van der Waals surface area contributed by atoms with E-state index in [1.165, 1.54) is 0 Å². The third kappa shape index (κ3) is 6.83. The average molecular weight is 404 g/mol. The van der Waals surface area contributed by atoms with Gasteiger partial charge in [-0.2, -0.15) is 0 Å². The smallest absolute Gasteiger partial charge is 0.323 e. The zero-order chi connectivity index (χ0) is 21.0. The van der Waals surface area contributed by atoms with E-state index in [0.29, 0.717) is 25.9 Å². The molecule has 30 heavy (non-hydrogen) atoms. The molecule has 0 amide bonds. The minimum Gasteiger partial charge on any atom is -0.460 e. The van der Waals surface area contributed by atoms with Gasteiger partial charge in [0.1, 0.15) is 12.6 Å². The molecule has 0 radical (unpaired) electrons. The Bertz CT molecular complexity index is 827. The van der Waals surface area contributed by atoms with Crippen LogP contribution in [-0.4, -0.2) is 28.6 Å². The molecule has 0 aromatic heterocycles. The standard InChI is InChI=1S/C26H29NO3/c28-18-10-17-25(26(29)30-21-24-15-8-3-9-16-24)27(19-22-11-4-1-5-12-22)20-23-13-6-2-7-14-23/h1-9,11-16,25,28H,10,17-21H2/t25-/m0/s1. The van der Waals surface area contributed by atoms with E-state index in [0.717, 1.165) is 16.7 Å². The van der Waals surface area contributed by atoms with E-state index in [1.807, 2.05) is 66.7 Å². The van der Waals surface area contributed by atoms with Crippen LogP contribution in [0.4, 0.5) is 0 Å². The Kier molecular flexibility index (Phi) is 8.63. The van der Waals surface area contributed by atoms with E-state index in [-0.39, 0.29) is 19.2 Å². The van der Waals surface area contributed by atoms with Crippen LogP contribution >= 0.6 is 0 Å². The van der Waals surface area contributed by atoms with E-state index >= 15 is 0 Å². The first kappa shape index (κ1) is 21.8. The van der Waals surface area contributed by atoms with Crippen LogP contribution in [0.2, 0.25) is 0 Å². The number of carbonyl (C=O) groups is 1. The molecule has 156 valence electrons. The third-order valence-corrected chi connectivity index (χ3v) is 5.03. The Labute approximate surface area is 178 Å². The van der Waals surface area contributed by atoms with Gasteiger partial charge >= 0.3 is 5.97 Å². The normalized spacial score (nSPS) is 11.9. The molecule has 4 nitrogen and oxygen atoms in total. The van der Waals surface area contributed by atoms with Crippen molar-refractivity contribution in [3.05, 3.63) is 108 Å². The number of hydrogen-bond donors (Lipinski definition) is 1. The number of aliphatic hydroxyl groups excluding tert-OH is 1. The first-order valence-electron chi connectivity index (χ1n) is 10.4. The molecule has 0 heterocycles. The number of benzene rings is 3. The van der Waals surface area contributed by atoms with Gasteiger partial charge in [0.15, 0.2) is 0 Å². The van der Waals surface area contributed by atoms with Gasteiger partial charge in [0, 0.05) is 19.7 Å². The lowest BCUT2D eigenvalue weighted by molar-refractivity contribution is -0.152. The summed E-state index contributed by atoms with van der Waals surface area (Å²) in [4.78, 5) is 15.2. The van der Waals surface area contributed by atoms with Crippen LogP contribution in [0.5, 0.6) is 0 Å². The summed E-state index contributed by atoms with van der Waals surface area (Å²) in [6.07, 6.45) is 1.09. The van der Waals surface area contributed by atoms with E-state index in [9.17, 15) is 9.90 Å². The van der Waals surface area contributed by atoms with Crippen molar-refractivity contribution in [2.24, 2.45) is 0 Å². The molecule has 0 aliphatic carbocycles. The van der Waals surface area contributed by atoms with Gasteiger partial charge in [0.2, 0.25) is 0 Å². The van der Waals surface area contributed by atoms with Crippen molar-refractivity contribution in [1.82, 2.24) is 4.90 Å². The third-order valence-electron chi connectivity index (χ3n) is 5.03. The van der Waals surface area contributed by atoms with Crippen LogP contribution in [0.25, 0.3) is 0 Å². The molecule has 0 aliphatic rings. The van der Waals surface area contributed by atoms with Crippen LogP contribution in [0, 0.1) is 0 Å². The van der Waals surface area contributed by atoms with Crippen LogP contribution < -0.4 is 0 Å². The van der Waals surface area contributed by atoms with Gasteiger partial charge in [-0.15, -0.1) is 0 Å². The van der Waals surface area contributed by atoms with Crippen molar-refractivity contribution in [3.8, 4) is 0 Å². The number of hydrogen-bond acceptors (Lipinski definition) is 4. The minimum absolute atomic E-state index is 0.0486. The minimum atomic E-state index is -0.429. The summed E-state index contributed by atoms with van der Waals surface area (Å²) in [5, 5.41) is 9.40. The van der Waals surface area contributed by atoms with E-state index in [2.05, 4.69) is 29.2 Å². The van der Waals surface area contributed by atoms with Crippen LogP contribution in [0.15, 0.2) is 91.0 Å². The van der Waals surface area contributed by atoms with Crippen LogP contribution in [-0.2, 0) is 29.2 Å². The van der Waals surface area contributed by atoms with Gasteiger partial charge < -0.3 is 9.84 Å². The molecule has 0 saturated carbocycles. The maximum atomic E-state index is 13.1. The predicted octanol–water partition coefficient (Wildman–Crippen LogP) is 4.57. The summed E-state index contributed by atoms with van der Waals surface area (Å²) >= 11 is 0. The molecule has 1 atom stereocenters. The van der Waals surface area contributed by atoms with Crippen LogP contribution in [0.1, 0.15) is 29.5 Å². The summed E-state index contributed by atoms with van der Waals surface area (Å²) in [7, 11) is 0. The topological polar surface area (TPSA) is 49.8 Å². The zero-order valence-electron chi connectivity index (χ0n) is 17.2. The molecule has 0 aliphatic heterocycles. The second-order valence-electron chi connectivity index (χ2n) is 7.35. The van der Waals surface area contributed by atoms with Crippen molar-refractivity contribution in [2.45, 2.75) is 38.6 Å². The number of rotatable bonds is 11. The Morgan fingerprint density at radius 1 is 0.767 bits per heavy atom. The zero-order valence-corrected chi connectivity index (χ0v) is 17.2. The lowest BCUT2D eigenvalue weighted by Gasteiger charge is -2.30. The average Bonchev–Trinajstić information content (AvgIpc) is 2.80. The fraction of sp³-hybridized carbons (Fsp3) is 0.269. The molecule has 3 aromatic rings. The van der Waals surface area contributed by atoms with Crippen molar-refractivity contribution in [1.29, 1.82) is 0 Å². The molecule has 0 unspecified atom stereocenters. The summed E-state index contributed by atoms with van der Waals surface area (Å²) < 4.78 is 5.68. The molecule has 0 saturated heterocycles. The van der Waals surface area contributed by atoms with Gasteiger partial charge in [0.05, 0.1) is 0 Å². The Morgan fingerprint density at radius 3 is 1.70 bits per heavy atom. The Hall–Kier alpha value is -2.95. The number of carbonyl (C=O) groups excluding carboxylic acids is 1. The summed E-state index contributed by atoms with van der Waals surface area (Å²) in [6.45, 7) is 1.56. The maximum Gasteiger partial charge on any atom is 0.323 e. The van der Waals surface area contributed by atoms with E-state index in [1.54, 1.807) is 0 Å². The maximum absolute atomic E-state index is 13.1. The van der Waals surface area contributed by atoms with E-state index < -0.39 is 6.04 Å². The first-order valence-corrected chi connectivity index (χ1v) is 10.4. The molecule has 3 aromatic carbocycles. The predicted molar refractivity (Wildman–Crippen MR) is 118 cm³/mol. The Balaban J connectivity index is 1.78. The second-order valence-corrected chi connectivity index (χ2v) is 7.35. The number of esters is 1. The second kappa shape index (κ2) is 11.9. The number of ether oxygens (including phenoxy) is 1. The van der Waals surface area contributed by atoms with Crippen molar-refractivity contribution in [3.63, 3.8) is 0 Å². The summed E-state index contributed by atoms with van der Waals surface area (Å²) in [5.41, 5.74) is 3.24. The van der Waals surface area contributed by atoms with Gasteiger partial charge in [-0.05, 0) is 29.5 Å². The number of aliphatic hydroxyl groups is 1. The highest BCUT2D eigenvalue weighted by atomic mass is 16.5. The van der Waals surface area contributed by atoms with Crippen molar-refractivity contribution >= 4 is 5.97 Å². The lowest BCUT2D eigenvalue weighted by atomic mass is 10.1. The molecule has 4 heteroatoms. The van der Waals surface area contributed by atoms with Crippen molar-refractivity contribution in [2.75, 3.05) is 6.61 Å². The molecule has 0 fully saturated rings. The molecular formula is C26H29NO3. The van der Waals surface area contributed by atoms with Gasteiger partial charge in [-0.1, -0.05) is 91.0 Å². The molecule has 0 bridgehead atoms. The van der Waals surface area contributed by atoms with Gasteiger partial charge in [-0.25, -0.2) is 0 Å². The van der Waals surface area contributed by atoms with Crippen LogP contribution in [0.3, 0.4) is 0 Å². The molecule has 0 spiro atoms. The van der Waals surface area contributed by atoms with Gasteiger partial charge in [-0.3, -0.25) is 9.69 Å². The highest BCUT2D eigenvalue weighted by Gasteiger charge is 2.27. The fourth-order valence-corrected chi connectivity index (χ4v) is 3.47. The fourth-order valence-electron chi connectivity index (χ4n) is 3.47. The highest BCUT2D eigenvalue weighted by Crippen LogP contribution is 2.18. The number of nitrogens with zero attached hydrogens (tertiary/aromatic N) is 1. The quantitative estimate of drug-likeness (QED) is 0.477. The molecule has 1 N–H and O–H groups in total. The molecule has 3 rings (SSSR count). The lowest BCUT2D eigenvalue weighted by Crippen LogP contribution is -2.41. The molecular weight excluding hydrogens is 374 g/mol. The van der Waals surface area contributed by atoms with E-state index in [4.69, 9.17) is 4.74 Å².